The Balaban J connectivity index is 2.66. The van der Waals surface area contributed by atoms with Crippen molar-refractivity contribution in [3.05, 3.63) is 22.8 Å². The van der Waals surface area contributed by atoms with Crippen molar-refractivity contribution in [1.82, 2.24) is 4.98 Å². The van der Waals surface area contributed by atoms with E-state index in [1.54, 1.807) is 11.8 Å². The molecule has 0 aliphatic carbocycles. The number of thioether (sulfide) groups is 1. The zero-order chi connectivity index (χ0) is 12.0. The smallest absolute Gasteiger partial charge is 0.110 e. The highest BCUT2D eigenvalue weighted by Crippen LogP contribution is 2.31. The molecule has 0 aromatic carbocycles. The van der Waals surface area contributed by atoms with Crippen LogP contribution in [0.25, 0.3) is 0 Å². The molecule has 1 aromatic rings. The summed E-state index contributed by atoms with van der Waals surface area (Å²) in [5, 5.41) is 1.49. The first-order valence-corrected chi connectivity index (χ1v) is 7.39. The van der Waals surface area contributed by atoms with Gasteiger partial charge >= 0.3 is 0 Å². The van der Waals surface area contributed by atoms with Crippen LogP contribution in [0, 0.1) is 0 Å². The molecule has 0 bridgehead atoms. The van der Waals surface area contributed by atoms with Crippen LogP contribution >= 0.6 is 27.7 Å². The van der Waals surface area contributed by atoms with Crippen LogP contribution in [0.5, 0.6) is 0 Å². The summed E-state index contributed by atoms with van der Waals surface area (Å²) in [5.74, 6) is 0. The van der Waals surface area contributed by atoms with E-state index >= 15 is 0 Å². The van der Waals surface area contributed by atoms with E-state index in [4.69, 9.17) is 5.73 Å². The number of rotatable bonds is 6. The Bertz CT molecular complexity index is 320. The molecule has 4 heteroatoms. The average molecular weight is 303 g/mol. The topological polar surface area (TPSA) is 38.9 Å². The molecule has 90 valence electrons. The van der Waals surface area contributed by atoms with Gasteiger partial charge in [0, 0.05) is 22.0 Å². The first kappa shape index (κ1) is 14.0. The van der Waals surface area contributed by atoms with Crippen LogP contribution in [0.4, 0.5) is 0 Å². The van der Waals surface area contributed by atoms with Crippen molar-refractivity contribution in [3.8, 4) is 0 Å². The zero-order valence-electron chi connectivity index (χ0n) is 9.82. The summed E-state index contributed by atoms with van der Waals surface area (Å²) in [7, 11) is 0. The molecule has 16 heavy (non-hydrogen) atoms. The Labute approximate surface area is 111 Å². The first-order valence-electron chi connectivity index (χ1n) is 5.71. The van der Waals surface area contributed by atoms with Crippen LogP contribution in [0.3, 0.4) is 0 Å². The highest BCUT2D eigenvalue weighted by atomic mass is 79.9. The molecule has 0 fully saturated rings. The van der Waals surface area contributed by atoms with Gasteiger partial charge in [-0.3, -0.25) is 0 Å². The summed E-state index contributed by atoms with van der Waals surface area (Å²) in [5.41, 5.74) is 6.17. The quantitative estimate of drug-likeness (QED) is 0.812. The predicted octanol–water partition coefficient (Wildman–Crippen LogP) is 3.84. The third kappa shape index (κ3) is 4.07. The molecule has 0 aliphatic heterocycles. The molecule has 1 heterocycles. The minimum atomic E-state index is 0.258. The molecule has 0 saturated carbocycles. The summed E-state index contributed by atoms with van der Waals surface area (Å²) in [6.07, 6.45) is 5.12. The minimum absolute atomic E-state index is 0.258. The van der Waals surface area contributed by atoms with Crippen LogP contribution in [0.2, 0.25) is 0 Å². The lowest BCUT2D eigenvalue weighted by Gasteiger charge is -2.21. The lowest BCUT2D eigenvalue weighted by atomic mass is 10.1. The summed E-state index contributed by atoms with van der Waals surface area (Å²) in [6.45, 7) is 4.36. The fraction of sp³-hybridized carbons (Fsp3) is 0.583. The number of halogens is 1. The van der Waals surface area contributed by atoms with Crippen LogP contribution in [-0.2, 0) is 0 Å². The van der Waals surface area contributed by atoms with Crippen LogP contribution in [0.15, 0.2) is 27.8 Å². The number of hydrogen-bond acceptors (Lipinski definition) is 3. The fourth-order valence-corrected chi connectivity index (χ4v) is 3.20. The Kier molecular flexibility index (Phi) is 6.39. The minimum Gasteiger partial charge on any atom is -0.327 e. The van der Waals surface area contributed by atoms with Crippen LogP contribution in [0.1, 0.15) is 33.1 Å². The van der Waals surface area contributed by atoms with Crippen LogP contribution in [-0.4, -0.2) is 16.3 Å². The largest absolute Gasteiger partial charge is 0.327 e. The first-order chi connectivity index (χ1) is 7.69. The third-order valence-corrected chi connectivity index (χ3v) is 4.93. The number of nitrogens with zero attached hydrogens (tertiary/aromatic N) is 1. The van der Waals surface area contributed by atoms with Gasteiger partial charge in [-0.05, 0) is 40.9 Å². The summed E-state index contributed by atoms with van der Waals surface area (Å²) in [4.78, 5) is 4.37. The van der Waals surface area contributed by atoms with E-state index < -0.39 is 0 Å². The molecule has 0 radical (unpaired) electrons. The normalized spacial score (nSPS) is 14.8. The van der Waals surface area contributed by atoms with Crippen molar-refractivity contribution in [3.63, 3.8) is 0 Å². The molecule has 2 unspecified atom stereocenters. The molecular weight excluding hydrogens is 284 g/mol. The van der Waals surface area contributed by atoms with Crippen molar-refractivity contribution in [2.75, 3.05) is 0 Å². The molecular formula is C12H19BrN2S. The van der Waals surface area contributed by atoms with Gasteiger partial charge in [0.15, 0.2) is 0 Å². The molecule has 0 spiro atoms. The number of nitrogens with two attached hydrogens (primary N) is 1. The van der Waals surface area contributed by atoms with Gasteiger partial charge in [-0.2, -0.15) is 0 Å². The second kappa shape index (κ2) is 7.30. The van der Waals surface area contributed by atoms with E-state index in [1.807, 2.05) is 18.3 Å². The van der Waals surface area contributed by atoms with Crippen molar-refractivity contribution in [2.45, 2.75) is 49.4 Å². The van der Waals surface area contributed by atoms with Gasteiger partial charge in [0.05, 0.1) is 0 Å². The SMILES string of the molecule is CCCC(N)C(CC)Sc1ncccc1Br. The van der Waals surface area contributed by atoms with Crippen molar-refractivity contribution >= 4 is 27.7 Å². The molecule has 2 atom stereocenters. The van der Waals surface area contributed by atoms with Gasteiger partial charge in [0.2, 0.25) is 0 Å². The van der Waals surface area contributed by atoms with E-state index in [0.717, 1.165) is 28.8 Å². The van der Waals surface area contributed by atoms with Gasteiger partial charge < -0.3 is 5.73 Å². The average Bonchev–Trinajstić information content (AvgIpc) is 2.28. The van der Waals surface area contributed by atoms with Crippen molar-refractivity contribution in [2.24, 2.45) is 5.73 Å². The van der Waals surface area contributed by atoms with Gasteiger partial charge in [0.25, 0.3) is 0 Å². The van der Waals surface area contributed by atoms with Crippen molar-refractivity contribution in [1.29, 1.82) is 0 Å². The van der Waals surface area contributed by atoms with Gasteiger partial charge in [0.1, 0.15) is 5.03 Å². The predicted molar refractivity (Wildman–Crippen MR) is 74.8 cm³/mol. The Hall–Kier alpha value is -0.0600. The van der Waals surface area contributed by atoms with Gasteiger partial charge in [-0.25, -0.2) is 4.98 Å². The number of aromatic nitrogens is 1. The highest BCUT2D eigenvalue weighted by Gasteiger charge is 2.18. The standard InChI is InChI=1S/C12H19BrN2S/c1-3-6-10(14)11(4-2)16-12-9(13)7-5-8-15-12/h5,7-8,10-11H,3-4,6,14H2,1-2H3. The highest BCUT2D eigenvalue weighted by molar-refractivity contribution is 9.10. The van der Waals surface area contributed by atoms with Crippen LogP contribution < -0.4 is 5.73 Å². The van der Waals surface area contributed by atoms with E-state index in [9.17, 15) is 0 Å². The summed E-state index contributed by atoms with van der Waals surface area (Å²) >= 11 is 5.30. The maximum absolute atomic E-state index is 6.17. The number of pyridine rings is 1. The van der Waals surface area contributed by atoms with E-state index in [2.05, 4.69) is 34.8 Å². The molecule has 0 aliphatic rings. The lowest BCUT2D eigenvalue weighted by Crippen LogP contribution is -2.31. The Morgan fingerprint density at radius 3 is 2.81 bits per heavy atom. The molecule has 1 rings (SSSR count). The Morgan fingerprint density at radius 2 is 2.25 bits per heavy atom. The maximum atomic E-state index is 6.17. The summed E-state index contributed by atoms with van der Waals surface area (Å²) in [6, 6.07) is 4.21. The van der Waals surface area contributed by atoms with E-state index in [1.165, 1.54) is 0 Å². The Morgan fingerprint density at radius 1 is 1.50 bits per heavy atom. The zero-order valence-corrected chi connectivity index (χ0v) is 12.2. The van der Waals surface area contributed by atoms with Crippen molar-refractivity contribution < 1.29 is 0 Å². The van der Waals surface area contributed by atoms with Gasteiger partial charge in [-0.1, -0.05) is 20.3 Å². The lowest BCUT2D eigenvalue weighted by molar-refractivity contribution is 0.566. The molecule has 1 aromatic heterocycles. The molecule has 0 saturated heterocycles. The third-order valence-electron chi connectivity index (χ3n) is 2.49. The fourth-order valence-electron chi connectivity index (χ4n) is 1.59. The number of hydrogen-bond donors (Lipinski definition) is 1. The van der Waals surface area contributed by atoms with E-state index in [0.29, 0.717) is 5.25 Å². The monoisotopic (exact) mass is 302 g/mol. The second-order valence-corrected chi connectivity index (χ2v) is 5.89. The van der Waals surface area contributed by atoms with E-state index in [-0.39, 0.29) is 6.04 Å². The maximum Gasteiger partial charge on any atom is 0.110 e. The molecule has 2 N–H and O–H groups in total. The second-order valence-electron chi connectivity index (χ2n) is 3.81. The molecule has 0 amide bonds. The summed E-state index contributed by atoms with van der Waals surface area (Å²) < 4.78 is 1.06. The molecule has 2 nitrogen and oxygen atoms in total. The van der Waals surface area contributed by atoms with Gasteiger partial charge in [-0.15, -0.1) is 11.8 Å².